The highest BCUT2D eigenvalue weighted by Crippen LogP contribution is 2.31. The molecule has 134 valence electrons. The molecule has 26 heavy (non-hydrogen) atoms. The number of nitrogens with one attached hydrogen (secondary N) is 1. The molecule has 3 aliphatic rings. The Morgan fingerprint density at radius 1 is 0.885 bits per heavy atom. The maximum absolute atomic E-state index is 12.8. The Kier molecular flexibility index (Phi) is 3.82. The number of carbonyl (C=O) groups excluding carboxylic acids is 5. The maximum atomic E-state index is 12.8. The average Bonchev–Trinajstić information content (AvgIpc) is 2.87. The number of ketones is 1. The highest BCUT2D eigenvalue weighted by atomic mass is 16.2. The first kappa shape index (κ1) is 16.4. The van der Waals surface area contributed by atoms with Gasteiger partial charge in [0.15, 0.2) is 0 Å². The van der Waals surface area contributed by atoms with E-state index in [2.05, 4.69) is 5.32 Å². The van der Waals surface area contributed by atoms with E-state index in [9.17, 15) is 24.0 Å². The zero-order valence-corrected chi connectivity index (χ0v) is 14.0. The summed E-state index contributed by atoms with van der Waals surface area (Å²) in [7, 11) is 0. The van der Waals surface area contributed by atoms with Gasteiger partial charge >= 0.3 is 0 Å². The fourth-order valence-electron chi connectivity index (χ4n) is 3.67. The van der Waals surface area contributed by atoms with Crippen LogP contribution in [0.25, 0.3) is 0 Å². The summed E-state index contributed by atoms with van der Waals surface area (Å²) < 4.78 is 0. The van der Waals surface area contributed by atoms with E-state index in [0.29, 0.717) is 25.9 Å². The number of nitrogens with zero attached hydrogens (tertiary/aromatic N) is 2. The zero-order chi connectivity index (χ0) is 18.4. The van der Waals surface area contributed by atoms with Crippen LogP contribution in [0.3, 0.4) is 0 Å². The van der Waals surface area contributed by atoms with E-state index >= 15 is 0 Å². The summed E-state index contributed by atoms with van der Waals surface area (Å²) in [5.74, 6) is -1.83. The summed E-state index contributed by atoms with van der Waals surface area (Å²) in [5, 5.41) is 2.18. The van der Waals surface area contributed by atoms with Crippen molar-refractivity contribution in [1.82, 2.24) is 10.2 Å². The van der Waals surface area contributed by atoms with E-state index in [4.69, 9.17) is 0 Å². The van der Waals surface area contributed by atoms with Gasteiger partial charge in [-0.1, -0.05) is 0 Å². The van der Waals surface area contributed by atoms with Crippen LogP contribution < -0.4 is 10.2 Å². The summed E-state index contributed by atoms with van der Waals surface area (Å²) in [6.45, 7) is 1.16. The largest absolute Gasteiger partial charge is 0.371 e. The van der Waals surface area contributed by atoms with Crippen molar-refractivity contribution in [3.05, 3.63) is 29.3 Å². The molecule has 1 atom stereocenters. The van der Waals surface area contributed by atoms with Gasteiger partial charge in [-0.3, -0.25) is 34.2 Å². The van der Waals surface area contributed by atoms with Crippen LogP contribution in [-0.4, -0.2) is 53.4 Å². The van der Waals surface area contributed by atoms with Gasteiger partial charge < -0.3 is 4.90 Å². The number of carbonyl (C=O) groups is 5. The Balaban J connectivity index is 1.61. The first-order valence-electron chi connectivity index (χ1n) is 8.58. The van der Waals surface area contributed by atoms with Crippen molar-refractivity contribution in [2.75, 3.05) is 18.0 Å². The minimum absolute atomic E-state index is 0.0941. The zero-order valence-electron chi connectivity index (χ0n) is 14.0. The molecule has 8 nitrogen and oxygen atoms in total. The molecule has 3 aliphatic heterocycles. The van der Waals surface area contributed by atoms with Crippen LogP contribution in [-0.2, 0) is 14.4 Å². The molecule has 0 aliphatic carbocycles. The van der Waals surface area contributed by atoms with E-state index in [1.807, 2.05) is 4.90 Å². The number of fused-ring (bicyclic) bond motifs is 1. The molecule has 3 heterocycles. The molecule has 4 amide bonds. The van der Waals surface area contributed by atoms with Crippen LogP contribution in [0.4, 0.5) is 5.69 Å². The molecule has 1 aromatic carbocycles. The van der Waals surface area contributed by atoms with Gasteiger partial charge in [-0.15, -0.1) is 0 Å². The summed E-state index contributed by atoms with van der Waals surface area (Å²) >= 11 is 0. The quantitative estimate of drug-likeness (QED) is 0.763. The second-order valence-electron chi connectivity index (χ2n) is 6.70. The van der Waals surface area contributed by atoms with Crippen LogP contribution in [0.1, 0.15) is 46.4 Å². The van der Waals surface area contributed by atoms with Crippen molar-refractivity contribution in [3.63, 3.8) is 0 Å². The molecular formula is C18H17N3O5. The summed E-state index contributed by atoms with van der Waals surface area (Å²) in [4.78, 5) is 63.2. The Morgan fingerprint density at radius 2 is 1.58 bits per heavy atom. The van der Waals surface area contributed by atoms with Crippen LogP contribution in [0.2, 0.25) is 0 Å². The molecule has 1 N–H and O–H groups in total. The molecule has 8 heteroatoms. The fraction of sp³-hybridized carbons (Fsp3) is 0.389. The third kappa shape index (κ3) is 2.58. The first-order chi connectivity index (χ1) is 12.5. The number of hydrogen-bond acceptors (Lipinski definition) is 6. The standard InChI is InChI=1S/C18H17N3O5/c22-11-5-7-20(8-6-11)10-1-2-12-13(9-10)18(26)21(17(12)25)14-3-4-15(23)19-16(14)24/h1-2,9,14H,3-8H2,(H,19,23,24). The number of hydrogen-bond donors (Lipinski definition) is 1. The molecule has 0 aromatic heterocycles. The van der Waals surface area contributed by atoms with Crippen LogP contribution in [0.5, 0.6) is 0 Å². The number of imide groups is 2. The minimum Gasteiger partial charge on any atom is -0.371 e. The van der Waals surface area contributed by atoms with Gasteiger partial charge in [0.25, 0.3) is 11.8 Å². The second kappa shape index (κ2) is 6.05. The topological polar surface area (TPSA) is 104 Å². The molecule has 0 spiro atoms. The third-order valence-electron chi connectivity index (χ3n) is 5.11. The van der Waals surface area contributed by atoms with Crippen LogP contribution in [0, 0.1) is 0 Å². The van der Waals surface area contributed by atoms with Gasteiger partial charge in [-0.05, 0) is 24.6 Å². The lowest BCUT2D eigenvalue weighted by atomic mass is 10.0. The lowest BCUT2D eigenvalue weighted by molar-refractivity contribution is -0.136. The average molecular weight is 355 g/mol. The number of anilines is 1. The van der Waals surface area contributed by atoms with Gasteiger partial charge in [-0.25, -0.2) is 0 Å². The van der Waals surface area contributed by atoms with Gasteiger partial charge in [-0.2, -0.15) is 0 Å². The van der Waals surface area contributed by atoms with Gasteiger partial charge in [0, 0.05) is 38.0 Å². The van der Waals surface area contributed by atoms with E-state index in [0.717, 1.165) is 10.6 Å². The molecule has 0 bridgehead atoms. The fourth-order valence-corrected chi connectivity index (χ4v) is 3.67. The lowest BCUT2D eigenvalue weighted by Crippen LogP contribution is -2.54. The molecule has 0 saturated carbocycles. The molecule has 2 fully saturated rings. The number of piperidine rings is 2. The minimum atomic E-state index is -0.962. The molecule has 1 unspecified atom stereocenters. The van der Waals surface area contributed by atoms with Crippen molar-refractivity contribution in [3.8, 4) is 0 Å². The van der Waals surface area contributed by atoms with E-state index < -0.39 is 29.7 Å². The number of amides is 4. The normalized spacial score (nSPS) is 23.4. The highest BCUT2D eigenvalue weighted by Gasteiger charge is 2.44. The van der Waals surface area contributed by atoms with Crippen molar-refractivity contribution in [2.24, 2.45) is 0 Å². The highest BCUT2D eigenvalue weighted by molar-refractivity contribution is 6.23. The monoisotopic (exact) mass is 355 g/mol. The van der Waals surface area contributed by atoms with Crippen molar-refractivity contribution in [1.29, 1.82) is 0 Å². The van der Waals surface area contributed by atoms with E-state index in [1.54, 1.807) is 18.2 Å². The Bertz CT molecular complexity index is 852. The summed E-state index contributed by atoms with van der Waals surface area (Å²) in [5.41, 5.74) is 1.30. The molecule has 1 aromatic rings. The molecule has 4 rings (SSSR count). The van der Waals surface area contributed by atoms with Gasteiger partial charge in [0.1, 0.15) is 11.8 Å². The number of Topliss-reactive ketones (excluding diaryl/α,β-unsaturated/α-hetero) is 1. The van der Waals surface area contributed by atoms with Gasteiger partial charge in [0.05, 0.1) is 11.1 Å². The predicted molar refractivity (Wildman–Crippen MR) is 89.6 cm³/mol. The summed E-state index contributed by atoms with van der Waals surface area (Å²) in [6.07, 6.45) is 1.16. The van der Waals surface area contributed by atoms with Crippen molar-refractivity contribution in [2.45, 2.75) is 31.7 Å². The Labute approximate surface area is 149 Å². The van der Waals surface area contributed by atoms with Crippen LogP contribution in [0.15, 0.2) is 18.2 Å². The maximum Gasteiger partial charge on any atom is 0.262 e. The van der Waals surface area contributed by atoms with E-state index in [1.165, 1.54) is 0 Å². The van der Waals surface area contributed by atoms with E-state index in [-0.39, 0.29) is 29.8 Å². The molecule has 2 saturated heterocycles. The number of rotatable bonds is 2. The SMILES string of the molecule is O=C1CCN(c2ccc3c(c2)C(=O)N(C2CCC(=O)NC2=O)C3=O)CC1. The number of benzene rings is 1. The van der Waals surface area contributed by atoms with Gasteiger partial charge in [0.2, 0.25) is 11.8 Å². The molecule has 0 radical (unpaired) electrons. The first-order valence-corrected chi connectivity index (χ1v) is 8.58. The smallest absolute Gasteiger partial charge is 0.262 e. The summed E-state index contributed by atoms with van der Waals surface area (Å²) in [6, 6.07) is 4.04. The molecular weight excluding hydrogens is 338 g/mol. The lowest BCUT2D eigenvalue weighted by Gasteiger charge is -2.28. The second-order valence-corrected chi connectivity index (χ2v) is 6.70. The van der Waals surface area contributed by atoms with Crippen molar-refractivity contribution < 1.29 is 24.0 Å². The Hall–Kier alpha value is -3.03. The Morgan fingerprint density at radius 3 is 2.27 bits per heavy atom. The van der Waals surface area contributed by atoms with Crippen molar-refractivity contribution >= 4 is 35.1 Å². The van der Waals surface area contributed by atoms with Crippen LogP contribution >= 0.6 is 0 Å². The predicted octanol–water partition coefficient (Wildman–Crippen LogP) is 0.257. The third-order valence-corrected chi connectivity index (χ3v) is 5.11.